The fraction of sp³-hybridized carbons (Fsp3) is 0.529. The molecule has 1 saturated heterocycles. The average molecular weight is 313 g/mol. The second kappa shape index (κ2) is 6.57. The van der Waals surface area contributed by atoms with E-state index < -0.39 is 0 Å². The molecule has 6 heteroatoms. The second-order valence-corrected chi connectivity index (χ2v) is 6.23. The Morgan fingerprint density at radius 1 is 1.48 bits per heavy atom. The van der Waals surface area contributed by atoms with Crippen molar-refractivity contribution < 1.29 is 4.74 Å². The lowest BCUT2D eigenvalue weighted by Gasteiger charge is -2.17. The average Bonchev–Trinajstić information content (AvgIpc) is 3.23. The molecule has 0 aliphatic carbocycles. The van der Waals surface area contributed by atoms with Gasteiger partial charge in [0.05, 0.1) is 12.3 Å². The van der Waals surface area contributed by atoms with Crippen molar-refractivity contribution in [1.82, 2.24) is 19.7 Å². The van der Waals surface area contributed by atoms with Crippen molar-refractivity contribution in [2.75, 3.05) is 13.2 Å². The van der Waals surface area contributed by atoms with E-state index in [-0.39, 0.29) is 6.10 Å². The number of rotatable bonds is 5. The van der Waals surface area contributed by atoms with Crippen LogP contribution in [0.2, 0.25) is 0 Å². The standard InChI is InChI=1S/C17H23N5O/c1-12-14(6-16(7-18)22(12)3)9-19-8-13-4-5-23-17(13)15-10-20-21(2)11-15/h6,10-11,13,17,19H,4-5,8-9H2,1-3H3/t13-,17-/m1/s1. The van der Waals surface area contributed by atoms with Crippen LogP contribution in [0.3, 0.4) is 0 Å². The molecule has 1 aliphatic rings. The summed E-state index contributed by atoms with van der Waals surface area (Å²) in [6, 6.07) is 4.19. The van der Waals surface area contributed by atoms with Crippen LogP contribution in [0.1, 0.15) is 35.0 Å². The van der Waals surface area contributed by atoms with Crippen molar-refractivity contribution >= 4 is 0 Å². The highest BCUT2D eigenvalue weighted by Crippen LogP contribution is 2.33. The van der Waals surface area contributed by atoms with E-state index in [0.717, 1.165) is 37.4 Å². The molecule has 1 N–H and O–H groups in total. The Labute approximate surface area is 136 Å². The van der Waals surface area contributed by atoms with Crippen LogP contribution in [-0.2, 0) is 25.4 Å². The molecule has 2 aromatic rings. The lowest BCUT2D eigenvalue weighted by molar-refractivity contribution is 0.0904. The largest absolute Gasteiger partial charge is 0.373 e. The molecule has 0 aromatic carbocycles. The van der Waals surface area contributed by atoms with E-state index in [4.69, 9.17) is 10.00 Å². The van der Waals surface area contributed by atoms with E-state index in [9.17, 15) is 0 Å². The molecule has 0 radical (unpaired) electrons. The molecular formula is C17H23N5O. The van der Waals surface area contributed by atoms with Crippen LogP contribution in [0.15, 0.2) is 18.5 Å². The zero-order chi connectivity index (χ0) is 16.4. The number of nitrogens with one attached hydrogen (secondary N) is 1. The molecule has 6 nitrogen and oxygen atoms in total. The summed E-state index contributed by atoms with van der Waals surface area (Å²) in [4.78, 5) is 0. The first-order valence-corrected chi connectivity index (χ1v) is 7.96. The predicted octanol–water partition coefficient (Wildman–Crippen LogP) is 1.81. The van der Waals surface area contributed by atoms with Crippen LogP contribution in [0.5, 0.6) is 0 Å². The third kappa shape index (κ3) is 3.16. The third-order valence-corrected chi connectivity index (χ3v) is 4.74. The fourth-order valence-electron chi connectivity index (χ4n) is 3.24. The van der Waals surface area contributed by atoms with Gasteiger partial charge in [0.1, 0.15) is 11.8 Å². The molecule has 2 aromatic heterocycles. The van der Waals surface area contributed by atoms with E-state index in [1.807, 2.05) is 41.8 Å². The minimum Gasteiger partial charge on any atom is -0.373 e. The Morgan fingerprint density at radius 2 is 2.30 bits per heavy atom. The molecule has 1 aliphatic heterocycles. The molecule has 0 amide bonds. The Balaban J connectivity index is 1.59. The number of hydrogen-bond acceptors (Lipinski definition) is 4. The summed E-state index contributed by atoms with van der Waals surface area (Å²) < 4.78 is 9.65. The maximum Gasteiger partial charge on any atom is 0.120 e. The highest BCUT2D eigenvalue weighted by molar-refractivity contribution is 5.34. The molecule has 0 bridgehead atoms. The maximum absolute atomic E-state index is 9.10. The second-order valence-electron chi connectivity index (χ2n) is 6.23. The summed E-state index contributed by atoms with van der Waals surface area (Å²) in [7, 11) is 3.86. The van der Waals surface area contributed by atoms with Crippen molar-refractivity contribution in [3.63, 3.8) is 0 Å². The zero-order valence-electron chi connectivity index (χ0n) is 13.9. The van der Waals surface area contributed by atoms with Gasteiger partial charge in [0.25, 0.3) is 0 Å². The molecule has 0 saturated carbocycles. The minimum absolute atomic E-state index is 0.128. The molecule has 2 atom stereocenters. The van der Waals surface area contributed by atoms with Gasteiger partial charge in [-0.1, -0.05) is 0 Å². The van der Waals surface area contributed by atoms with Crippen LogP contribution in [-0.4, -0.2) is 27.5 Å². The Morgan fingerprint density at radius 3 is 2.96 bits per heavy atom. The van der Waals surface area contributed by atoms with Crippen molar-refractivity contribution in [3.8, 4) is 6.07 Å². The van der Waals surface area contributed by atoms with Crippen molar-refractivity contribution in [2.45, 2.75) is 26.0 Å². The number of nitrogens with zero attached hydrogens (tertiary/aromatic N) is 4. The van der Waals surface area contributed by atoms with E-state index >= 15 is 0 Å². The van der Waals surface area contributed by atoms with Crippen LogP contribution in [0, 0.1) is 24.2 Å². The molecule has 0 unspecified atom stereocenters. The zero-order valence-corrected chi connectivity index (χ0v) is 13.9. The van der Waals surface area contributed by atoms with E-state index in [1.54, 1.807) is 0 Å². The van der Waals surface area contributed by atoms with Gasteiger partial charge in [0.15, 0.2) is 0 Å². The number of ether oxygens (including phenoxy) is 1. The van der Waals surface area contributed by atoms with Crippen molar-refractivity contribution in [2.24, 2.45) is 20.0 Å². The van der Waals surface area contributed by atoms with E-state index in [0.29, 0.717) is 11.6 Å². The topological polar surface area (TPSA) is 67.8 Å². The summed E-state index contributed by atoms with van der Waals surface area (Å²) in [5.41, 5.74) is 4.18. The summed E-state index contributed by atoms with van der Waals surface area (Å²) in [6.07, 6.45) is 5.11. The molecule has 0 spiro atoms. The van der Waals surface area contributed by atoms with Gasteiger partial charge in [-0.3, -0.25) is 4.68 Å². The quantitative estimate of drug-likeness (QED) is 0.914. The van der Waals surface area contributed by atoms with Crippen LogP contribution in [0.25, 0.3) is 0 Å². The molecule has 1 fully saturated rings. The van der Waals surface area contributed by atoms with Gasteiger partial charge >= 0.3 is 0 Å². The van der Waals surface area contributed by atoms with Gasteiger partial charge in [-0.05, 0) is 25.0 Å². The SMILES string of the molecule is Cc1c(CNC[C@H]2CCO[C@H]2c2cnn(C)c2)cc(C#N)n1C. The van der Waals surface area contributed by atoms with E-state index in [1.165, 1.54) is 5.56 Å². The summed E-state index contributed by atoms with van der Waals surface area (Å²) in [6.45, 7) is 4.53. The van der Waals surface area contributed by atoms with Crippen molar-refractivity contribution in [1.29, 1.82) is 5.26 Å². The Kier molecular flexibility index (Phi) is 4.51. The molecule has 23 heavy (non-hydrogen) atoms. The normalized spacial score (nSPS) is 20.8. The van der Waals surface area contributed by atoms with Crippen LogP contribution < -0.4 is 5.32 Å². The Bertz CT molecular complexity index is 724. The highest BCUT2D eigenvalue weighted by atomic mass is 16.5. The lowest BCUT2D eigenvalue weighted by atomic mass is 9.97. The predicted molar refractivity (Wildman–Crippen MR) is 86.6 cm³/mol. The molecular weight excluding hydrogens is 290 g/mol. The minimum atomic E-state index is 0.128. The molecule has 3 rings (SSSR count). The highest BCUT2D eigenvalue weighted by Gasteiger charge is 2.30. The first-order chi connectivity index (χ1) is 11.1. The van der Waals surface area contributed by atoms with Crippen LogP contribution in [0.4, 0.5) is 0 Å². The number of nitriles is 1. The van der Waals surface area contributed by atoms with Crippen molar-refractivity contribution in [3.05, 3.63) is 41.0 Å². The lowest BCUT2D eigenvalue weighted by Crippen LogP contribution is -2.24. The van der Waals surface area contributed by atoms with Gasteiger partial charge in [-0.2, -0.15) is 10.4 Å². The fourth-order valence-corrected chi connectivity index (χ4v) is 3.24. The summed E-state index contributed by atoms with van der Waals surface area (Å²) in [5.74, 6) is 0.457. The van der Waals surface area contributed by atoms with Gasteiger partial charge in [0, 0.05) is 57.2 Å². The summed E-state index contributed by atoms with van der Waals surface area (Å²) >= 11 is 0. The van der Waals surface area contributed by atoms with Gasteiger partial charge in [-0.25, -0.2) is 0 Å². The number of aromatic nitrogens is 3. The Hall–Kier alpha value is -2.10. The third-order valence-electron chi connectivity index (χ3n) is 4.74. The van der Waals surface area contributed by atoms with Gasteiger partial charge in [0.2, 0.25) is 0 Å². The first-order valence-electron chi connectivity index (χ1n) is 7.96. The summed E-state index contributed by atoms with van der Waals surface area (Å²) in [5, 5.41) is 16.9. The molecule has 122 valence electrons. The number of aryl methyl sites for hydroxylation is 1. The molecule has 3 heterocycles. The maximum atomic E-state index is 9.10. The number of hydrogen-bond donors (Lipinski definition) is 1. The smallest absolute Gasteiger partial charge is 0.120 e. The van der Waals surface area contributed by atoms with Gasteiger partial charge < -0.3 is 14.6 Å². The monoisotopic (exact) mass is 313 g/mol. The van der Waals surface area contributed by atoms with Crippen LogP contribution >= 0.6 is 0 Å². The van der Waals surface area contributed by atoms with E-state index in [2.05, 4.69) is 23.4 Å². The van der Waals surface area contributed by atoms with Gasteiger partial charge in [-0.15, -0.1) is 0 Å². The first kappa shape index (κ1) is 15.8.